The molecule has 38 heavy (non-hydrogen) atoms. The number of benzene rings is 1. The second-order valence-electron chi connectivity index (χ2n) is 10.1. The van der Waals surface area contributed by atoms with Gasteiger partial charge in [-0.25, -0.2) is 14.0 Å². The summed E-state index contributed by atoms with van der Waals surface area (Å²) in [6, 6.07) is 8.70. The molecule has 6 rings (SSSR count). The predicted octanol–water partition coefficient (Wildman–Crippen LogP) is 4.14. The highest BCUT2D eigenvalue weighted by Gasteiger charge is 2.36. The Morgan fingerprint density at radius 3 is 2.76 bits per heavy atom. The van der Waals surface area contributed by atoms with Crippen LogP contribution in [-0.2, 0) is 34.6 Å². The number of pyridine rings is 1. The molecular weight excluding hydrogens is 504 g/mol. The molecule has 1 unspecified atom stereocenters. The summed E-state index contributed by atoms with van der Waals surface area (Å²) in [6.07, 6.45) is 8.15. The molecule has 0 aliphatic heterocycles. The third kappa shape index (κ3) is 4.35. The van der Waals surface area contributed by atoms with Gasteiger partial charge in [0, 0.05) is 38.2 Å². The van der Waals surface area contributed by atoms with E-state index in [2.05, 4.69) is 26.3 Å². The van der Waals surface area contributed by atoms with Gasteiger partial charge >= 0.3 is 6.03 Å². The zero-order valence-electron chi connectivity index (χ0n) is 21.6. The van der Waals surface area contributed by atoms with Crippen LogP contribution in [0, 0.1) is 12.8 Å². The maximum Gasteiger partial charge on any atom is 0.333 e. The summed E-state index contributed by atoms with van der Waals surface area (Å²) in [4.78, 5) is 13.2. The van der Waals surface area contributed by atoms with Crippen LogP contribution >= 0.6 is 0 Å². The molecule has 2 aliphatic carbocycles. The SMILES string of the molecule is COC(c1cc(S(=O)(=O)NC(=O)Nc2c3c(cc(C)c2-c2ccn4nccc4c2)CCC3)nn1C)C1CC1. The van der Waals surface area contributed by atoms with E-state index in [1.807, 2.05) is 31.3 Å². The van der Waals surface area contributed by atoms with Crippen LogP contribution in [0.5, 0.6) is 0 Å². The van der Waals surface area contributed by atoms with Crippen molar-refractivity contribution >= 4 is 27.3 Å². The van der Waals surface area contributed by atoms with Gasteiger partial charge < -0.3 is 10.1 Å². The monoisotopic (exact) mass is 534 g/mol. The smallest absolute Gasteiger partial charge is 0.333 e. The molecule has 10 nitrogen and oxygen atoms in total. The van der Waals surface area contributed by atoms with Gasteiger partial charge in [-0.05, 0) is 85.4 Å². The lowest BCUT2D eigenvalue weighted by molar-refractivity contribution is 0.0778. The number of carbonyl (C=O) groups is 1. The van der Waals surface area contributed by atoms with Crippen molar-refractivity contribution in [2.24, 2.45) is 13.0 Å². The minimum atomic E-state index is -4.21. The maximum atomic E-state index is 13.2. The van der Waals surface area contributed by atoms with Crippen LogP contribution in [0.15, 0.2) is 47.8 Å². The summed E-state index contributed by atoms with van der Waals surface area (Å²) in [5, 5.41) is 11.1. The van der Waals surface area contributed by atoms with Gasteiger partial charge in [0.25, 0.3) is 10.0 Å². The number of ether oxygens (including phenoxy) is 1. The molecule has 1 atom stereocenters. The Labute approximate surface area is 221 Å². The van der Waals surface area contributed by atoms with E-state index in [1.165, 1.54) is 16.3 Å². The maximum absolute atomic E-state index is 13.2. The molecule has 1 saturated carbocycles. The molecule has 0 spiro atoms. The fourth-order valence-corrected chi connectivity index (χ4v) is 6.51. The number of aryl methyl sites for hydroxylation is 3. The highest BCUT2D eigenvalue weighted by Crippen LogP contribution is 2.43. The Hall–Kier alpha value is -3.70. The highest BCUT2D eigenvalue weighted by molar-refractivity contribution is 7.90. The van der Waals surface area contributed by atoms with E-state index in [4.69, 9.17) is 4.74 Å². The molecule has 3 heterocycles. The first-order valence-corrected chi connectivity index (χ1v) is 14.2. The van der Waals surface area contributed by atoms with Gasteiger partial charge in [0.15, 0.2) is 5.03 Å². The van der Waals surface area contributed by atoms with Gasteiger partial charge in [0.1, 0.15) is 6.10 Å². The van der Waals surface area contributed by atoms with E-state index in [-0.39, 0.29) is 11.1 Å². The number of carbonyl (C=O) groups excluding carboxylic acids is 1. The molecule has 1 fully saturated rings. The van der Waals surface area contributed by atoms with Gasteiger partial charge in [-0.3, -0.25) is 4.68 Å². The number of rotatable bonds is 7. The molecule has 4 aromatic rings. The van der Waals surface area contributed by atoms with E-state index < -0.39 is 16.1 Å². The van der Waals surface area contributed by atoms with Crippen molar-refractivity contribution in [3.8, 4) is 11.1 Å². The zero-order valence-corrected chi connectivity index (χ0v) is 22.4. The summed E-state index contributed by atoms with van der Waals surface area (Å²) in [5.41, 5.74) is 7.25. The van der Waals surface area contributed by atoms with Crippen molar-refractivity contribution in [1.29, 1.82) is 0 Å². The van der Waals surface area contributed by atoms with Crippen molar-refractivity contribution in [3.63, 3.8) is 0 Å². The number of urea groups is 1. The molecule has 3 aromatic heterocycles. The fourth-order valence-electron chi connectivity index (χ4n) is 5.60. The Bertz CT molecular complexity index is 1670. The number of aromatic nitrogens is 4. The minimum Gasteiger partial charge on any atom is -0.375 e. The number of hydrogen-bond acceptors (Lipinski definition) is 6. The lowest BCUT2D eigenvalue weighted by Gasteiger charge is -2.19. The lowest BCUT2D eigenvalue weighted by Crippen LogP contribution is -2.35. The lowest BCUT2D eigenvalue weighted by atomic mass is 9.93. The Kier molecular flexibility index (Phi) is 5.99. The van der Waals surface area contributed by atoms with Crippen molar-refractivity contribution in [2.75, 3.05) is 12.4 Å². The average Bonchev–Trinajstić information content (AvgIpc) is 3.23. The summed E-state index contributed by atoms with van der Waals surface area (Å²) in [6.45, 7) is 2.01. The summed E-state index contributed by atoms with van der Waals surface area (Å²) < 4.78 is 37.4. The van der Waals surface area contributed by atoms with E-state index in [0.29, 0.717) is 17.3 Å². The van der Waals surface area contributed by atoms with Crippen LogP contribution < -0.4 is 10.0 Å². The molecule has 2 N–H and O–H groups in total. The molecule has 0 bridgehead atoms. The largest absolute Gasteiger partial charge is 0.375 e. The molecule has 11 heteroatoms. The molecule has 0 saturated heterocycles. The number of hydrogen-bond donors (Lipinski definition) is 2. The van der Waals surface area contributed by atoms with Crippen molar-refractivity contribution in [3.05, 3.63) is 65.1 Å². The number of nitrogens with zero attached hydrogens (tertiary/aromatic N) is 4. The zero-order chi connectivity index (χ0) is 26.6. The third-order valence-electron chi connectivity index (χ3n) is 7.52. The van der Waals surface area contributed by atoms with E-state index >= 15 is 0 Å². The summed E-state index contributed by atoms with van der Waals surface area (Å²) in [5.74, 6) is 0.353. The molecule has 1 aromatic carbocycles. The summed E-state index contributed by atoms with van der Waals surface area (Å²) in [7, 11) is -0.920. The molecule has 2 aliphatic rings. The number of nitrogens with one attached hydrogen (secondary N) is 2. The average molecular weight is 535 g/mol. The number of sulfonamides is 1. The second kappa shape index (κ2) is 9.25. The van der Waals surface area contributed by atoms with E-state index in [1.54, 1.807) is 24.9 Å². The first-order chi connectivity index (χ1) is 18.2. The normalized spacial score (nSPS) is 16.0. The predicted molar refractivity (Wildman–Crippen MR) is 142 cm³/mol. The van der Waals surface area contributed by atoms with Gasteiger partial charge in [0.2, 0.25) is 0 Å². The number of methoxy groups -OCH3 is 1. The van der Waals surface area contributed by atoms with Gasteiger partial charge in [0.05, 0.1) is 16.9 Å². The van der Waals surface area contributed by atoms with Crippen LogP contribution in [0.2, 0.25) is 0 Å². The van der Waals surface area contributed by atoms with Gasteiger partial charge in [-0.15, -0.1) is 0 Å². The van der Waals surface area contributed by atoms with Crippen LogP contribution in [0.4, 0.5) is 10.5 Å². The van der Waals surface area contributed by atoms with Crippen molar-refractivity contribution in [2.45, 2.75) is 50.2 Å². The van der Waals surface area contributed by atoms with E-state index in [0.717, 1.165) is 59.9 Å². The first kappa shape index (κ1) is 24.6. The fraction of sp³-hybridized carbons (Fsp3) is 0.370. The number of fused-ring (bicyclic) bond motifs is 2. The molecule has 2 amide bonds. The highest BCUT2D eigenvalue weighted by atomic mass is 32.2. The minimum absolute atomic E-state index is 0.214. The van der Waals surface area contributed by atoms with E-state index in [9.17, 15) is 13.2 Å². The standard InChI is InChI=1S/C27H30N6O4S/c1-16-13-18-5-4-6-21(18)25(24(16)19-10-12-33-20(14-19)9-11-28-33)29-27(34)31-38(35,36)23-15-22(32(2)30-23)26(37-3)17-7-8-17/h9-15,17,26H,4-8H2,1-3H3,(H2,29,31,34). The second-order valence-corrected chi connectivity index (χ2v) is 11.8. The third-order valence-corrected chi connectivity index (χ3v) is 8.72. The van der Waals surface area contributed by atoms with Crippen LogP contribution in [0.25, 0.3) is 16.6 Å². The molecule has 198 valence electrons. The topological polar surface area (TPSA) is 120 Å². The van der Waals surface area contributed by atoms with Gasteiger partial charge in [-0.2, -0.15) is 18.6 Å². The molecule has 0 radical (unpaired) electrons. The van der Waals surface area contributed by atoms with Gasteiger partial charge in [-0.1, -0.05) is 6.07 Å². The Balaban J connectivity index is 1.32. The molecular formula is C27H30N6O4S. The number of anilines is 1. The van der Waals surface area contributed by atoms with Crippen LogP contribution in [-0.4, -0.2) is 41.0 Å². The quantitative estimate of drug-likeness (QED) is 0.368. The van der Waals surface area contributed by atoms with Crippen LogP contribution in [0.1, 0.15) is 47.8 Å². The Morgan fingerprint density at radius 2 is 2.00 bits per heavy atom. The first-order valence-electron chi connectivity index (χ1n) is 12.7. The Morgan fingerprint density at radius 1 is 1.18 bits per heavy atom. The van der Waals surface area contributed by atoms with Crippen molar-refractivity contribution < 1.29 is 17.9 Å². The number of amides is 2. The van der Waals surface area contributed by atoms with Crippen molar-refractivity contribution in [1.82, 2.24) is 24.1 Å². The summed E-state index contributed by atoms with van der Waals surface area (Å²) >= 11 is 0. The van der Waals surface area contributed by atoms with Crippen LogP contribution in [0.3, 0.4) is 0 Å².